The third-order valence-corrected chi connectivity index (χ3v) is 3.45. The molecule has 0 aliphatic rings. The van der Waals surface area contributed by atoms with E-state index in [0.717, 1.165) is 0 Å². The van der Waals surface area contributed by atoms with Gasteiger partial charge in [-0.1, -0.05) is 0 Å². The highest BCUT2D eigenvalue weighted by Gasteiger charge is 2.29. The van der Waals surface area contributed by atoms with Gasteiger partial charge in [-0.2, -0.15) is 0 Å². The number of carboxylic acid groups (broad SMARTS) is 4. The van der Waals surface area contributed by atoms with Gasteiger partial charge in [-0.05, 0) is 6.42 Å². The maximum absolute atomic E-state index is 12.1. The van der Waals surface area contributed by atoms with Crippen molar-refractivity contribution in [1.29, 1.82) is 0 Å². The summed E-state index contributed by atoms with van der Waals surface area (Å²) in [5, 5.41) is 40.8. The van der Waals surface area contributed by atoms with Crippen LogP contribution in [-0.4, -0.2) is 86.7 Å². The predicted molar refractivity (Wildman–Crippen MR) is 93.9 cm³/mol. The molecule has 0 radical (unpaired) electrons. The summed E-state index contributed by atoms with van der Waals surface area (Å²) < 4.78 is 0. The number of carbonyl (C=O) groups excluding carboxylic acids is 3. The smallest absolute Gasteiger partial charge is 0.326 e. The lowest BCUT2D eigenvalue weighted by Crippen LogP contribution is -2.54. The molecule has 0 heterocycles. The Morgan fingerprint density at radius 1 is 0.733 bits per heavy atom. The van der Waals surface area contributed by atoms with Crippen LogP contribution in [0.1, 0.15) is 25.7 Å². The highest BCUT2D eigenvalue weighted by molar-refractivity contribution is 5.95. The molecule has 0 fully saturated rings. The minimum atomic E-state index is -1.87. The average molecular weight is 434 g/mol. The lowest BCUT2D eigenvalue weighted by Gasteiger charge is -2.20. The van der Waals surface area contributed by atoms with Crippen LogP contribution >= 0.6 is 0 Å². The molecule has 0 bridgehead atoms. The van der Waals surface area contributed by atoms with E-state index in [9.17, 15) is 33.6 Å². The molecule has 0 rings (SSSR count). The standard InChI is InChI=1S/C15H22N4O11/c16-6(1-2-10(21)22)13(27)17-5-9(20)18-7(3-11(23)24)14(28)19-8(15(29)30)4-12(25)26/h6-8H,1-5,16H2,(H,17,27)(H,18,20)(H,19,28)(H,21,22)(H,23,24)(H,25,26)(H,29,30)/t6-,7-,8-/m0/s1. The first kappa shape index (κ1) is 26.2. The molecule has 0 saturated heterocycles. The first-order valence-corrected chi connectivity index (χ1v) is 8.34. The molecule has 3 atom stereocenters. The van der Waals surface area contributed by atoms with E-state index < -0.39 is 79.1 Å². The minimum Gasteiger partial charge on any atom is -0.481 e. The number of amides is 3. The molecule has 0 saturated carbocycles. The van der Waals surface area contributed by atoms with Crippen LogP contribution in [0, 0.1) is 0 Å². The Morgan fingerprint density at radius 2 is 1.27 bits per heavy atom. The normalized spacial score (nSPS) is 13.2. The fourth-order valence-electron chi connectivity index (χ4n) is 1.98. The number of carboxylic acids is 4. The van der Waals surface area contributed by atoms with E-state index in [4.69, 9.17) is 26.2 Å². The summed E-state index contributed by atoms with van der Waals surface area (Å²) in [6.45, 7) is -0.736. The van der Waals surface area contributed by atoms with E-state index in [1.165, 1.54) is 0 Å². The largest absolute Gasteiger partial charge is 0.481 e. The molecular weight excluding hydrogens is 412 g/mol. The number of nitrogens with two attached hydrogens (primary N) is 1. The number of hydrogen-bond donors (Lipinski definition) is 8. The summed E-state index contributed by atoms with van der Waals surface area (Å²) in [6, 6.07) is -4.85. The van der Waals surface area contributed by atoms with Crippen LogP contribution in [-0.2, 0) is 33.6 Å². The summed E-state index contributed by atoms with van der Waals surface area (Å²) in [7, 11) is 0. The van der Waals surface area contributed by atoms with Gasteiger partial charge in [-0.25, -0.2) is 4.79 Å². The van der Waals surface area contributed by atoms with E-state index >= 15 is 0 Å². The molecule has 15 nitrogen and oxygen atoms in total. The molecular formula is C15H22N4O11. The van der Waals surface area contributed by atoms with Crippen LogP contribution in [0.2, 0.25) is 0 Å². The first-order chi connectivity index (χ1) is 13.8. The van der Waals surface area contributed by atoms with Crippen molar-refractivity contribution < 1.29 is 54.0 Å². The summed E-state index contributed by atoms with van der Waals surface area (Å²) in [4.78, 5) is 78.6. The number of aliphatic carboxylic acids is 4. The van der Waals surface area contributed by atoms with Crippen molar-refractivity contribution in [2.75, 3.05) is 6.54 Å². The minimum absolute atomic E-state index is 0.201. The third kappa shape index (κ3) is 11.2. The summed E-state index contributed by atoms with van der Waals surface area (Å²) in [5.41, 5.74) is 5.44. The Balaban J connectivity index is 4.89. The lowest BCUT2D eigenvalue weighted by atomic mass is 10.1. The molecule has 3 amide bonds. The van der Waals surface area contributed by atoms with Gasteiger partial charge in [-0.15, -0.1) is 0 Å². The van der Waals surface area contributed by atoms with E-state index in [2.05, 4.69) is 5.32 Å². The number of hydrogen-bond acceptors (Lipinski definition) is 8. The molecule has 0 spiro atoms. The topological polar surface area (TPSA) is 263 Å². The molecule has 0 aromatic heterocycles. The second kappa shape index (κ2) is 12.7. The molecule has 0 aromatic rings. The van der Waals surface area contributed by atoms with Crippen molar-refractivity contribution in [3.8, 4) is 0 Å². The van der Waals surface area contributed by atoms with Crippen LogP contribution in [0.5, 0.6) is 0 Å². The monoisotopic (exact) mass is 434 g/mol. The van der Waals surface area contributed by atoms with Gasteiger partial charge in [0, 0.05) is 6.42 Å². The second-order valence-corrected chi connectivity index (χ2v) is 5.97. The van der Waals surface area contributed by atoms with Crippen molar-refractivity contribution in [1.82, 2.24) is 16.0 Å². The van der Waals surface area contributed by atoms with Crippen LogP contribution < -0.4 is 21.7 Å². The van der Waals surface area contributed by atoms with Gasteiger partial charge < -0.3 is 42.1 Å². The zero-order valence-corrected chi connectivity index (χ0v) is 15.5. The summed E-state index contributed by atoms with van der Waals surface area (Å²) in [5.74, 6) is -9.08. The Labute approximate surface area is 168 Å². The van der Waals surface area contributed by atoms with Crippen LogP contribution in [0.15, 0.2) is 0 Å². The second-order valence-electron chi connectivity index (χ2n) is 5.97. The number of nitrogens with one attached hydrogen (secondary N) is 3. The fraction of sp³-hybridized carbons (Fsp3) is 0.533. The average Bonchev–Trinajstić information content (AvgIpc) is 2.61. The molecule has 0 unspecified atom stereocenters. The molecule has 168 valence electrons. The van der Waals surface area contributed by atoms with Gasteiger partial charge in [0.25, 0.3) is 0 Å². The molecule has 0 aliphatic carbocycles. The van der Waals surface area contributed by atoms with E-state index in [1.54, 1.807) is 0 Å². The molecule has 0 aromatic carbocycles. The molecule has 15 heteroatoms. The quantitative estimate of drug-likeness (QED) is 0.131. The zero-order valence-electron chi connectivity index (χ0n) is 15.5. The van der Waals surface area contributed by atoms with Crippen molar-refractivity contribution in [2.24, 2.45) is 5.73 Å². The molecule has 9 N–H and O–H groups in total. The van der Waals surface area contributed by atoms with Gasteiger partial charge in [0.15, 0.2) is 0 Å². The highest BCUT2D eigenvalue weighted by Crippen LogP contribution is 1.99. The van der Waals surface area contributed by atoms with Crippen molar-refractivity contribution in [2.45, 2.75) is 43.8 Å². The number of carbonyl (C=O) groups is 7. The van der Waals surface area contributed by atoms with E-state index in [0.29, 0.717) is 0 Å². The molecule has 30 heavy (non-hydrogen) atoms. The highest BCUT2D eigenvalue weighted by atomic mass is 16.4. The van der Waals surface area contributed by atoms with Crippen molar-refractivity contribution in [3.05, 3.63) is 0 Å². The summed E-state index contributed by atoms with van der Waals surface area (Å²) in [6.07, 6.45) is -2.53. The van der Waals surface area contributed by atoms with Crippen molar-refractivity contribution in [3.63, 3.8) is 0 Å². The maximum Gasteiger partial charge on any atom is 0.326 e. The number of rotatable bonds is 14. The zero-order chi connectivity index (χ0) is 23.4. The SMILES string of the molecule is N[C@@H](CCC(=O)O)C(=O)NCC(=O)N[C@@H](CC(=O)O)C(=O)N[C@@H](CC(=O)O)C(=O)O. The van der Waals surface area contributed by atoms with Crippen LogP contribution in [0.25, 0.3) is 0 Å². The third-order valence-electron chi connectivity index (χ3n) is 3.45. The Kier molecular flexibility index (Phi) is 11.1. The van der Waals surface area contributed by atoms with E-state index in [-0.39, 0.29) is 12.8 Å². The van der Waals surface area contributed by atoms with Gasteiger partial charge in [0.05, 0.1) is 25.4 Å². The van der Waals surface area contributed by atoms with E-state index in [1.807, 2.05) is 10.6 Å². The van der Waals surface area contributed by atoms with Gasteiger partial charge in [0.1, 0.15) is 12.1 Å². The summed E-state index contributed by atoms with van der Waals surface area (Å²) >= 11 is 0. The Morgan fingerprint density at radius 3 is 1.73 bits per heavy atom. The first-order valence-electron chi connectivity index (χ1n) is 8.34. The van der Waals surface area contributed by atoms with Gasteiger partial charge >= 0.3 is 23.9 Å². The van der Waals surface area contributed by atoms with Crippen LogP contribution in [0.4, 0.5) is 0 Å². The van der Waals surface area contributed by atoms with Crippen molar-refractivity contribution >= 4 is 41.6 Å². The Bertz CT molecular complexity index is 709. The van der Waals surface area contributed by atoms with Gasteiger partial charge in [-0.3, -0.25) is 28.8 Å². The fourth-order valence-corrected chi connectivity index (χ4v) is 1.98. The predicted octanol–water partition coefficient (Wildman–Crippen LogP) is -3.70. The van der Waals surface area contributed by atoms with Crippen LogP contribution in [0.3, 0.4) is 0 Å². The lowest BCUT2D eigenvalue weighted by molar-refractivity contribution is -0.148. The Hall–Kier alpha value is -3.75. The molecule has 0 aliphatic heterocycles. The maximum atomic E-state index is 12.1. The van der Waals surface area contributed by atoms with Gasteiger partial charge in [0.2, 0.25) is 17.7 Å².